The number of hydrogen-bond donors (Lipinski definition) is 1. The van der Waals surface area contributed by atoms with Gasteiger partial charge in [-0.3, -0.25) is 0 Å². The van der Waals surface area contributed by atoms with Crippen LogP contribution in [0.25, 0.3) is 0 Å². The maximum Gasteiger partial charge on any atom is 0.192 e. The molecular weight excluding hydrogens is 562 g/mol. The predicted octanol–water partition coefficient (Wildman–Crippen LogP) is 10.5. The molecule has 0 aliphatic heterocycles. The van der Waals surface area contributed by atoms with Gasteiger partial charge in [0.05, 0.1) is 18.8 Å². The van der Waals surface area contributed by atoms with Gasteiger partial charge in [-0.15, -0.1) is 11.6 Å². The molecular formula is C32H61ClF2O3Si2. The number of alkyl halides is 3. The van der Waals surface area contributed by atoms with E-state index in [1.54, 1.807) is 6.08 Å². The van der Waals surface area contributed by atoms with Crippen molar-refractivity contribution >= 4 is 28.2 Å². The Labute approximate surface area is 253 Å². The molecule has 1 N–H and O–H groups in total. The molecule has 0 spiro atoms. The molecule has 2 aliphatic rings. The lowest BCUT2D eigenvalue weighted by atomic mass is 9.87. The van der Waals surface area contributed by atoms with Crippen LogP contribution in [-0.2, 0) is 8.85 Å². The SMILES string of the molecule is C.C.C=C1/C(=C\CCl)CC(O[Si](C)(C)C(C)(C)C)C[C@@H]1F.C=C1/C(=C\CO)CC(O[Si](C)(C)C(C)(C)C)C[C@@H]1F. The van der Waals surface area contributed by atoms with Crippen LogP contribution in [0.5, 0.6) is 0 Å². The summed E-state index contributed by atoms with van der Waals surface area (Å²) in [6, 6.07) is 0. The van der Waals surface area contributed by atoms with E-state index in [9.17, 15) is 8.78 Å². The number of allylic oxidation sites excluding steroid dienone is 3. The van der Waals surface area contributed by atoms with Crippen LogP contribution in [-0.4, -0.2) is 58.8 Å². The van der Waals surface area contributed by atoms with Gasteiger partial charge < -0.3 is 14.0 Å². The number of hydrogen-bond acceptors (Lipinski definition) is 3. The zero-order valence-corrected chi connectivity index (χ0v) is 28.3. The quantitative estimate of drug-likeness (QED) is 0.236. The van der Waals surface area contributed by atoms with E-state index in [0.717, 1.165) is 17.6 Å². The Morgan fingerprint density at radius 2 is 1.12 bits per heavy atom. The van der Waals surface area contributed by atoms with Crippen molar-refractivity contribution in [2.24, 2.45) is 0 Å². The van der Waals surface area contributed by atoms with Gasteiger partial charge in [0, 0.05) is 18.7 Å². The summed E-state index contributed by atoms with van der Waals surface area (Å²) in [4.78, 5) is 0. The highest BCUT2D eigenvalue weighted by Crippen LogP contribution is 2.42. The summed E-state index contributed by atoms with van der Waals surface area (Å²) >= 11 is 5.73. The van der Waals surface area contributed by atoms with Crippen LogP contribution in [0, 0.1) is 0 Å². The zero-order chi connectivity index (χ0) is 29.7. The van der Waals surface area contributed by atoms with E-state index in [4.69, 9.17) is 25.6 Å². The van der Waals surface area contributed by atoms with Crippen molar-refractivity contribution in [3.05, 3.63) is 47.6 Å². The van der Waals surface area contributed by atoms with Gasteiger partial charge in [0.2, 0.25) is 0 Å². The van der Waals surface area contributed by atoms with Crippen LogP contribution in [0.2, 0.25) is 36.3 Å². The third-order valence-corrected chi connectivity index (χ3v) is 17.8. The van der Waals surface area contributed by atoms with Gasteiger partial charge in [0.15, 0.2) is 16.6 Å². The number of aliphatic hydroxyl groups is 1. The van der Waals surface area contributed by atoms with Gasteiger partial charge in [-0.05, 0) is 71.4 Å². The summed E-state index contributed by atoms with van der Waals surface area (Å²) in [6.45, 7) is 29.4. The molecule has 236 valence electrons. The topological polar surface area (TPSA) is 38.7 Å². The first-order chi connectivity index (χ1) is 17.2. The summed E-state index contributed by atoms with van der Waals surface area (Å²) < 4.78 is 40.6. The normalized spacial score (nSPS) is 26.6. The molecule has 4 atom stereocenters. The first-order valence-electron chi connectivity index (χ1n) is 13.7. The Balaban J connectivity index is 0. The van der Waals surface area contributed by atoms with Crippen LogP contribution in [0.3, 0.4) is 0 Å². The largest absolute Gasteiger partial charge is 0.413 e. The Morgan fingerprint density at radius 3 is 1.40 bits per heavy atom. The monoisotopic (exact) mass is 622 g/mol. The number of rotatable bonds is 6. The Kier molecular flexibility index (Phi) is 17.0. The van der Waals surface area contributed by atoms with E-state index in [1.165, 1.54) is 0 Å². The molecule has 0 aromatic rings. The molecule has 0 heterocycles. The fourth-order valence-corrected chi connectivity index (χ4v) is 6.99. The minimum atomic E-state index is -1.88. The Bertz CT molecular complexity index is 814. The summed E-state index contributed by atoms with van der Waals surface area (Å²) in [6.07, 6.45) is 3.51. The van der Waals surface area contributed by atoms with Crippen molar-refractivity contribution in [1.29, 1.82) is 0 Å². The molecule has 40 heavy (non-hydrogen) atoms. The van der Waals surface area contributed by atoms with Crippen molar-refractivity contribution in [1.82, 2.24) is 0 Å². The third-order valence-electron chi connectivity index (χ3n) is 8.61. The van der Waals surface area contributed by atoms with Crippen molar-refractivity contribution in [3.8, 4) is 0 Å². The fraction of sp³-hybridized carbons (Fsp3) is 0.750. The minimum absolute atomic E-state index is 0. The van der Waals surface area contributed by atoms with Gasteiger partial charge in [-0.25, -0.2) is 8.78 Å². The van der Waals surface area contributed by atoms with Crippen LogP contribution < -0.4 is 0 Å². The smallest absolute Gasteiger partial charge is 0.192 e. The van der Waals surface area contributed by atoms with Crippen LogP contribution in [0.4, 0.5) is 8.78 Å². The Hall–Kier alpha value is -0.576. The zero-order valence-electron chi connectivity index (χ0n) is 25.5. The summed E-state index contributed by atoms with van der Waals surface area (Å²) in [5.74, 6) is 0.397. The predicted molar refractivity (Wildman–Crippen MR) is 178 cm³/mol. The van der Waals surface area contributed by atoms with E-state index in [0.29, 0.717) is 36.3 Å². The lowest BCUT2D eigenvalue weighted by molar-refractivity contribution is 0.131. The van der Waals surface area contributed by atoms with Gasteiger partial charge in [0.25, 0.3) is 0 Å². The molecule has 2 aliphatic carbocycles. The fourth-order valence-electron chi connectivity index (χ4n) is 4.07. The van der Waals surface area contributed by atoms with Gasteiger partial charge in [-0.1, -0.05) is 81.7 Å². The molecule has 0 aromatic carbocycles. The molecule has 3 nitrogen and oxygen atoms in total. The molecule has 2 rings (SSSR count). The molecule has 2 unspecified atom stereocenters. The molecule has 0 radical (unpaired) electrons. The van der Waals surface area contributed by atoms with Crippen LogP contribution >= 0.6 is 11.6 Å². The van der Waals surface area contributed by atoms with Gasteiger partial charge in [0.1, 0.15) is 12.3 Å². The van der Waals surface area contributed by atoms with Crippen LogP contribution in [0.1, 0.15) is 82.1 Å². The van der Waals surface area contributed by atoms with Crippen molar-refractivity contribution in [2.45, 2.75) is 143 Å². The lowest BCUT2D eigenvalue weighted by Crippen LogP contribution is -2.45. The lowest BCUT2D eigenvalue weighted by Gasteiger charge is -2.41. The third kappa shape index (κ3) is 11.6. The molecule has 0 saturated heterocycles. The first-order valence-corrected chi connectivity index (χ1v) is 20.1. The maximum atomic E-state index is 14.0. The second-order valence-corrected chi connectivity index (χ2v) is 23.5. The van der Waals surface area contributed by atoms with Crippen molar-refractivity contribution in [3.63, 3.8) is 0 Å². The molecule has 0 amide bonds. The minimum Gasteiger partial charge on any atom is -0.413 e. The van der Waals surface area contributed by atoms with E-state index < -0.39 is 29.0 Å². The highest BCUT2D eigenvalue weighted by atomic mass is 35.5. The summed E-state index contributed by atoms with van der Waals surface area (Å²) in [5, 5.41) is 9.26. The average molecular weight is 623 g/mol. The first kappa shape index (κ1) is 41.6. The molecule has 8 heteroatoms. The van der Waals surface area contributed by atoms with E-state index >= 15 is 0 Å². The van der Waals surface area contributed by atoms with Gasteiger partial charge in [-0.2, -0.15) is 0 Å². The molecule has 2 saturated carbocycles. The van der Waals surface area contributed by atoms with Gasteiger partial charge >= 0.3 is 0 Å². The summed E-state index contributed by atoms with van der Waals surface area (Å²) in [5.41, 5.74) is 2.82. The standard InChI is InChI=1S/C15H26ClFOSi.C15H27FO2Si.2CH4/c1-11-12(7-8-16)9-13(10-14(11)17)18-19(5,6)15(2,3)4;1-11-12(7-8-17)9-13(10-14(11)16)18-19(5,6)15(2,3)4;;/h7,13-14H,1,8-10H2,2-6H3;7,13-14,17H,1,8-10H2,2-6H3;2*1H4/b2*12-7-;;/t2*13?,14-;;/m00../s1. The summed E-state index contributed by atoms with van der Waals surface area (Å²) in [7, 11) is -3.74. The van der Waals surface area contributed by atoms with E-state index in [2.05, 4.69) is 80.9 Å². The van der Waals surface area contributed by atoms with E-state index in [-0.39, 0.29) is 43.7 Å². The van der Waals surface area contributed by atoms with Crippen molar-refractivity contribution in [2.75, 3.05) is 12.5 Å². The average Bonchev–Trinajstić information content (AvgIpc) is 2.74. The molecule has 0 aromatic heterocycles. The van der Waals surface area contributed by atoms with Crippen LogP contribution in [0.15, 0.2) is 47.6 Å². The number of halogens is 3. The highest BCUT2D eigenvalue weighted by Gasteiger charge is 2.42. The Morgan fingerprint density at radius 1 is 0.800 bits per heavy atom. The van der Waals surface area contributed by atoms with Crippen molar-refractivity contribution < 1.29 is 22.7 Å². The number of aliphatic hydroxyl groups excluding tert-OH is 1. The highest BCUT2D eigenvalue weighted by molar-refractivity contribution is 6.74. The van der Waals surface area contributed by atoms with E-state index in [1.807, 2.05) is 6.08 Å². The molecule has 0 bridgehead atoms. The second kappa shape index (κ2) is 16.3. The maximum absolute atomic E-state index is 14.0. The molecule has 2 fully saturated rings. The second-order valence-electron chi connectivity index (χ2n) is 13.7.